The fraction of sp³-hybridized carbons (Fsp3) is 0.417. The van der Waals surface area contributed by atoms with Crippen LogP contribution in [-0.2, 0) is 9.59 Å². The number of nitrogens with zero attached hydrogens (tertiary/aromatic N) is 5. The molecule has 2 atom stereocenters. The van der Waals surface area contributed by atoms with Crippen LogP contribution in [0.25, 0.3) is 0 Å². The highest BCUT2D eigenvalue weighted by atomic mass is 35.5. The van der Waals surface area contributed by atoms with Gasteiger partial charge >= 0.3 is 0 Å². The predicted molar refractivity (Wildman–Crippen MR) is 123 cm³/mol. The molecule has 0 bridgehead atoms. The van der Waals surface area contributed by atoms with E-state index in [1.807, 2.05) is 18.7 Å². The molecule has 33 heavy (non-hydrogen) atoms. The fourth-order valence-electron chi connectivity index (χ4n) is 4.81. The van der Waals surface area contributed by atoms with Crippen LogP contribution in [0.1, 0.15) is 37.4 Å². The Morgan fingerprint density at radius 2 is 1.94 bits per heavy atom. The summed E-state index contributed by atoms with van der Waals surface area (Å²) >= 11 is 6.04. The van der Waals surface area contributed by atoms with Gasteiger partial charge in [0.05, 0.1) is 24.8 Å². The molecule has 9 heteroatoms. The van der Waals surface area contributed by atoms with Gasteiger partial charge in [-0.15, -0.1) is 0 Å². The minimum atomic E-state index is -1.14. The third-order valence-electron chi connectivity index (χ3n) is 6.51. The van der Waals surface area contributed by atoms with E-state index in [2.05, 4.69) is 11.1 Å². The number of amides is 2. The summed E-state index contributed by atoms with van der Waals surface area (Å²) in [6.07, 6.45) is 1.91. The van der Waals surface area contributed by atoms with Crippen LogP contribution in [0.15, 0.2) is 42.6 Å². The second-order valence-electron chi connectivity index (χ2n) is 8.76. The molecule has 1 N–H and O–H groups in total. The zero-order chi connectivity index (χ0) is 23.8. The van der Waals surface area contributed by atoms with Crippen LogP contribution in [0, 0.1) is 11.3 Å². The Balaban J connectivity index is 1.75. The van der Waals surface area contributed by atoms with Crippen molar-refractivity contribution in [3.05, 3.63) is 58.7 Å². The van der Waals surface area contributed by atoms with Gasteiger partial charge in [-0.25, -0.2) is 4.98 Å². The van der Waals surface area contributed by atoms with E-state index in [1.165, 1.54) is 6.20 Å². The van der Waals surface area contributed by atoms with Crippen molar-refractivity contribution in [3.8, 4) is 6.07 Å². The van der Waals surface area contributed by atoms with Crippen LogP contribution in [-0.4, -0.2) is 69.5 Å². The quantitative estimate of drug-likeness (QED) is 0.724. The van der Waals surface area contributed by atoms with Crippen molar-refractivity contribution in [1.29, 1.82) is 5.26 Å². The Hall–Kier alpha value is -3.15. The average molecular weight is 468 g/mol. The average Bonchev–Trinajstić information content (AvgIpc) is 3.25. The van der Waals surface area contributed by atoms with E-state index >= 15 is 0 Å². The van der Waals surface area contributed by atoms with E-state index in [0.29, 0.717) is 29.4 Å². The summed E-state index contributed by atoms with van der Waals surface area (Å²) in [5.41, 5.74) is 0.0324. The Morgan fingerprint density at radius 3 is 2.52 bits per heavy atom. The standard InChI is InChI=1S/C24H26ClN5O3/c1-16(2)29-13-22(32)30(20(14-31)18-4-6-19(25)7-5-18)24(23(29)33)9-10-28(15-24)21-8-3-17(11-26)12-27-21/h3-8,12,16,20,31H,9-10,13-15H2,1-2H3/t20?,24-/m1/s1. The summed E-state index contributed by atoms with van der Waals surface area (Å²) in [7, 11) is 0. The van der Waals surface area contributed by atoms with E-state index in [1.54, 1.807) is 46.2 Å². The highest BCUT2D eigenvalue weighted by molar-refractivity contribution is 6.30. The van der Waals surface area contributed by atoms with Gasteiger partial charge in [-0.3, -0.25) is 9.59 Å². The van der Waals surface area contributed by atoms with Gasteiger partial charge < -0.3 is 19.8 Å². The van der Waals surface area contributed by atoms with Crippen LogP contribution in [0.5, 0.6) is 0 Å². The number of hydrogen-bond donors (Lipinski definition) is 1. The number of carbonyl (C=O) groups is 2. The van der Waals surface area contributed by atoms with Crippen LogP contribution in [0.2, 0.25) is 5.02 Å². The first kappa shape index (κ1) is 23.0. The Kier molecular flexibility index (Phi) is 6.28. The van der Waals surface area contributed by atoms with Gasteiger partial charge in [0.25, 0.3) is 5.91 Å². The van der Waals surface area contributed by atoms with Crippen molar-refractivity contribution < 1.29 is 14.7 Å². The largest absolute Gasteiger partial charge is 0.394 e. The number of carbonyl (C=O) groups excluding carboxylic acids is 2. The van der Waals surface area contributed by atoms with Crippen LogP contribution in [0.4, 0.5) is 5.82 Å². The second-order valence-corrected chi connectivity index (χ2v) is 9.20. The summed E-state index contributed by atoms with van der Waals surface area (Å²) < 4.78 is 0. The monoisotopic (exact) mass is 467 g/mol. The molecule has 2 aromatic rings. The van der Waals surface area contributed by atoms with Gasteiger partial charge in [-0.05, 0) is 50.1 Å². The maximum Gasteiger partial charge on any atom is 0.251 e. The van der Waals surface area contributed by atoms with Crippen molar-refractivity contribution in [1.82, 2.24) is 14.8 Å². The number of anilines is 1. The number of aliphatic hydroxyl groups excluding tert-OH is 1. The summed E-state index contributed by atoms with van der Waals surface area (Å²) in [4.78, 5) is 36.9. The van der Waals surface area contributed by atoms with Gasteiger partial charge in [0.15, 0.2) is 0 Å². The van der Waals surface area contributed by atoms with Crippen molar-refractivity contribution in [3.63, 3.8) is 0 Å². The molecular formula is C24H26ClN5O3. The third kappa shape index (κ3) is 4.03. The summed E-state index contributed by atoms with van der Waals surface area (Å²) in [6, 6.07) is 11.7. The van der Waals surface area contributed by atoms with Crippen molar-refractivity contribution >= 4 is 29.2 Å². The third-order valence-corrected chi connectivity index (χ3v) is 6.76. The smallest absolute Gasteiger partial charge is 0.251 e. The number of nitriles is 1. The molecule has 172 valence electrons. The van der Waals surface area contributed by atoms with Gasteiger partial charge in [0.1, 0.15) is 24.0 Å². The molecule has 2 aliphatic heterocycles. The molecular weight excluding hydrogens is 442 g/mol. The van der Waals surface area contributed by atoms with Crippen LogP contribution < -0.4 is 4.90 Å². The summed E-state index contributed by atoms with van der Waals surface area (Å²) in [5, 5.41) is 20.0. The van der Waals surface area contributed by atoms with E-state index in [-0.39, 0.29) is 37.6 Å². The Bertz CT molecular complexity index is 1080. The molecule has 1 spiro atoms. The number of hydrogen-bond acceptors (Lipinski definition) is 6. The number of piperazine rings is 1. The predicted octanol–water partition coefficient (Wildman–Crippen LogP) is 2.37. The van der Waals surface area contributed by atoms with Crippen molar-refractivity contribution in [2.45, 2.75) is 37.9 Å². The van der Waals surface area contributed by atoms with E-state index in [0.717, 1.165) is 5.56 Å². The van der Waals surface area contributed by atoms with Gasteiger partial charge in [-0.1, -0.05) is 23.7 Å². The number of aliphatic hydroxyl groups is 1. The minimum absolute atomic E-state index is 0.0303. The molecule has 2 amide bonds. The number of pyridine rings is 1. The highest BCUT2D eigenvalue weighted by Gasteiger charge is 2.58. The topological polar surface area (TPSA) is 101 Å². The molecule has 0 aliphatic carbocycles. The first-order valence-electron chi connectivity index (χ1n) is 10.9. The molecule has 0 radical (unpaired) electrons. The lowest BCUT2D eigenvalue weighted by molar-refractivity contribution is -0.170. The van der Waals surface area contributed by atoms with Gasteiger partial charge in [-0.2, -0.15) is 5.26 Å². The molecule has 2 fully saturated rings. The SMILES string of the molecule is CC(C)N1CC(=O)N(C(CO)c2ccc(Cl)cc2)[C@@]2(CCN(c3ccc(C#N)cn3)C2)C1=O. The lowest BCUT2D eigenvalue weighted by Gasteiger charge is -2.51. The van der Waals surface area contributed by atoms with Gasteiger partial charge in [0.2, 0.25) is 5.91 Å². The lowest BCUT2D eigenvalue weighted by Crippen LogP contribution is -2.71. The summed E-state index contributed by atoms with van der Waals surface area (Å²) in [6.45, 7) is 4.21. The Morgan fingerprint density at radius 1 is 1.21 bits per heavy atom. The van der Waals surface area contributed by atoms with E-state index < -0.39 is 11.6 Å². The maximum atomic E-state index is 13.9. The van der Waals surface area contributed by atoms with Crippen LogP contribution >= 0.6 is 11.6 Å². The second kappa shape index (κ2) is 9.00. The zero-order valence-corrected chi connectivity index (χ0v) is 19.4. The van der Waals surface area contributed by atoms with Crippen molar-refractivity contribution in [2.24, 2.45) is 0 Å². The molecule has 2 aliphatic rings. The van der Waals surface area contributed by atoms with Crippen molar-refractivity contribution in [2.75, 3.05) is 31.1 Å². The Labute approximate surface area is 198 Å². The first-order chi connectivity index (χ1) is 15.8. The number of halogens is 1. The molecule has 2 saturated heterocycles. The van der Waals surface area contributed by atoms with E-state index in [9.17, 15) is 14.7 Å². The molecule has 8 nitrogen and oxygen atoms in total. The first-order valence-corrected chi connectivity index (χ1v) is 11.3. The molecule has 3 heterocycles. The molecule has 1 aromatic heterocycles. The molecule has 1 aromatic carbocycles. The number of benzene rings is 1. The highest BCUT2D eigenvalue weighted by Crippen LogP contribution is 2.41. The maximum absolute atomic E-state index is 13.9. The number of aromatic nitrogens is 1. The van der Waals surface area contributed by atoms with Gasteiger partial charge in [0, 0.05) is 23.8 Å². The van der Waals surface area contributed by atoms with E-state index in [4.69, 9.17) is 16.9 Å². The molecule has 1 unspecified atom stereocenters. The number of rotatable bonds is 5. The summed E-state index contributed by atoms with van der Waals surface area (Å²) in [5.74, 6) is 0.312. The normalized spacial score (nSPS) is 21.8. The zero-order valence-electron chi connectivity index (χ0n) is 18.6. The minimum Gasteiger partial charge on any atom is -0.394 e. The fourth-order valence-corrected chi connectivity index (χ4v) is 4.94. The van der Waals surface area contributed by atoms with Crippen LogP contribution in [0.3, 0.4) is 0 Å². The lowest BCUT2D eigenvalue weighted by atomic mass is 9.87. The molecule has 4 rings (SSSR count). The molecule has 0 saturated carbocycles.